The number of nitrogens with zero attached hydrogens (tertiary/aromatic N) is 4. The number of imidazole rings is 1. The third kappa shape index (κ3) is 4.87. The molecule has 2 heterocycles. The van der Waals surface area contributed by atoms with Gasteiger partial charge in [-0.2, -0.15) is 5.10 Å². The summed E-state index contributed by atoms with van der Waals surface area (Å²) in [6.45, 7) is 2.42. The predicted molar refractivity (Wildman–Crippen MR) is 118 cm³/mol. The zero-order valence-corrected chi connectivity index (χ0v) is 17.0. The molecule has 2 aromatic heterocycles. The van der Waals surface area contributed by atoms with Gasteiger partial charge in [-0.05, 0) is 29.8 Å². The Morgan fingerprint density at radius 3 is 2.58 bits per heavy atom. The minimum Gasteiger partial charge on any atom is -0.333 e. The molecule has 8 nitrogen and oxygen atoms in total. The fraction of sp³-hybridized carbons (Fsp3) is 0.130. The molecule has 4 rings (SSSR count). The lowest BCUT2D eigenvalue weighted by Gasteiger charge is -2.08. The van der Waals surface area contributed by atoms with Crippen molar-refractivity contribution in [2.45, 2.75) is 19.9 Å². The van der Waals surface area contributed by atoms with Crippen molar-refractivity contribution in [2.24, 2.45) is 0 Å². The second-order valence-electron chi connectivity index (χ2n) is 6.95. The van der Waals surface area contributed by atoms with E-state index in [1.165, 1.54) is 0 Å². The monoisotopic (exact) mass is 414 g/mol. The summed E-state index contributed by atoms with van der Waals surface area (Å²) < 4.78 is 3.50. The van der Waals surface area contributed by atoms with E-state index < -0.39 is 0 Å². The fourth-order valence-corrected chi connectivity index (χ4v) is 3.11. The zero-order valence-electron chi connectivity index (χ0n) is 17.0. The van der Waals surface area contributed by atoms with E-state index in [-0.39, 0.29) is 17.5 Å². The van der Waals surface area contributed by atoms with Gasteiger partial charge in [-0.3, -0.25) is 9.59 Å². The number of hydrogen-bond donors (Lipinski definition) is 2. The molecule has 0 fully saturated rings. The van der Waals surface area contributed by atoms with Crippen LogP contribution in [0.2, 0.25) is 0 Å². The summed E-state index contributed by atoms with van der Waals surface area (Å²) in [5, 5.41) is 10.1. The van der Waals surface area contributed by atoms with Gasteiger partial charge in [-0.25, -0.2) is 9.67 Å². The maximum Gasteiger partial charge on any atom is 0.276 e. The van der Waals surface area contributed by atoms with Gasteiger partial charge in [0, 0.05) is 37.1 Å². The number of hydrogen-bond acceptors (Lipinski definition) is 4. The minimum atomic E-state index is -0.360. The lowest BCUT2D eigenvalue weighted by atomic mass is 10.2. The van der Waals surface area contributed by atoms with Crippen molar-refractivity contribution in [3.8, 4) is 5.69 Å². The van der Waals surface area contributed by atoms with Crippen LogP contribution in [0.1, 0.15) is 29.4 Å². The molecule has 2 N–H and O–H groups in total. The van der Waals surface area contributed by atoms with Gasteiger partial charge in [-0.15, -0.1) is 0 Å². The van der Waals surface area contributed by atoms with Crippen LogP contribution in [0, 0.1) is 0 Å². The smallest absolute Gasteiger partial charge is 0.276 e. The summed E-state index contributed by atoms with van der Waals surface area (Å²) in [4.78, 5) is 28.9. The van der Waals surface area contributed by atoms with Gasteiger partial charge in [-0.1, -0.05) is 37.3 Å². The van der Waals surface area contributed by atoms with E-state index in [1.54, 1.807) is 30.2 Å². The SMILES string of the molecule is CCC(=O)Nc1cc(C(=O)Nc2cccc(Cn3ccnc3)c2)nn1-c1ccccc1. The molecule has 0 saturated carbocycles. The van der Waals surface area contributed by atoms with Gasteiger partial charge in [0.15, 0.2) is 5.69 Å². The molecule has 8 heteroatoms. The number of amides is 2. The van der Waals surface area contributed by atoms with E-state index in [2.05, 4.69) is 20.7 Å². The second-order valence-corrected chi connectivity index (χ2v) is 6.95. The van der Waals surface area contributed by atoms with E-state index in [9.17, 15) is 9.59 Å². The molecular weight excluding hydrogens is 392 g/mol. The van der Waals surface area contributed by atoms with Crippen molar-refractivity contribution in [1.82, 2.24) is 19.3 Å². The number of benzene rings is 2. The molecule has 2 aromatic carbocycles. The molecule has 0 radical (unpaired) electrons. The molecule has 2 amide bonds. The Kier molecular flexibility index (Phi) is 5.89. The lowest BCUT2D eigenvalue weighted by molar-refractivity contribution is -0.115. The highest BCUT2D eigenvalue weighted by Gasteiger charge is 2.17. The third-order valence-corrected chi connectivity index (χ3v) is 4.64. The normalized spacial score (nSPS) is 10.6. The average Bonchev–Trinajstić information content (AvgIpc) is 3.44. The van der Waals surface area contributed by atoms with Crippen molar-refractivity contribution in [1.29, 1.82) is 0 Å². The molecule has 156 valence electrons. The van der Waals surface area contributed by atoms with E-state index in [0.29, 0.717) is 24.5 Å². The molecule has 0 aliphatic rings. The van der Waals surface area contributed by atoms with E-state index in [1.807, 2.05) is 65.4 Å². The number of rotatable bonds is 7. The standard InChI is InChI=1S/C23H22N6O2/c1-2-22(30)26-21-14-20(27-29(21)19-9-4-3-5-10-19)23(31)25-18-8-6-7-17(13-18)15-28-12-11-24-16-28/h3-14,16H,2,15H2,1H3,(H,25,31)(H,26,30). The first kappa shape index (κ1) is 20.1. The van der Waals surface area contributed by atoms with Crippen molar-refractivity contribution in [3.05, 3.63) is 90.6 Å². The van der Waals surface area contributed by atoms with Crippen LogP contribution >= 0.6 is 0 Å². The Morgan fingerprint density at radius 2 is 1.84 bits per heavy atom. The molecule has 0 bridgehead atoms. The van der Waals surface area contributed by atoms with Crippen LogP contribution in [0.4, 0.5) is 11.5 Å². The van der Waals surface area contributed by atoms with Crippen LogP contribution < -0.4 is 10.6 Å². The summed E-state index contributed by atoms with van der Waals surface area (Å²) in [6.07, 6.45) is 5.68. The Labute approximate surface area is 179 Å². The van der Waals surface area contributed by atoms with Crippen molar-refractivity contribution >= 4 is 23.3 Å². The van der Waals surface area contributed by atoms with Crippen molar-refractivity contribution in [3.63, 3.8) is 0 Å². The Balaban J connectivity index is 1.56. The van der Waals surface area contributed by atoms with Crippen LogP contribution in [-0.4, -0.2) is 31.1 Å². The van der Waals surface area contributed by atoms with Crippen LogP contribution in [0.5, 0.6) is 0 Å². The van der Waals surface area contributed by atoms with Crippen molar-refractivity contribution in [2.75, 3.05) is 10.6 Å². The molecule has 0 saturated heterocycles. The zero-order chi connectivity index (χ0) is 21.6. The Morgan fingerprint density at radius 1 is 1.00 bits per heavy atom. The van der Waals surface area contributed by atoms with E-state index in [0.717, 1.165) is 11.3 Å². The topological polar surface area (TPSA) is 93.8 Å². The van der Waals surface area contributed by atoms with Crippen LogP contribution in [0.15, 0.2) is 79.4 Å². The van der Waals surface area contributed by atoms with Crippen LogP contribution in [-0.2, 0) is 11.3 Å². The molecule has 0 unspecified atom stereocenters. The van der Waals surface area contributed by atoms with Crippen molar-refractivity contribution < 1.29 is 9.59 Å². The number of aromatic nitrogens is 4. The van der Waals surface area contributed by atoms with Gasteiger partial charge >= 0.3 is 0 Å². The molecular formula is C23H22N6O2. The van der Waals surface area contributed by atoms with E-state index in [4.69, 9.17) is 0 Å². The van der Waals surface area contributed by atoms with Gasteiger partial charge < -0.3 is 15.2 Å². The third-order valence-electron chi connectivity index (χ3n) is 4.64. The Bertz CT molecular complexity index is 1180. The molecule has 4 aromatic rings. The lowest BCUT2D eigenvalue weighted by Crippen LogP contribution is -2.14. The minimum absolute atomic E-state index is 0.156. The highest BCUT2D eigenvalue weighted by molar-refractivity contribution is 6.04. The summed E-state index contributed by atoms with van der Waals surface area (Å²) in [5.74, 6) is -0.0743. The summed E-state index contributed by atoms with van der Waals surface area (Å²) in [6, 6.07) is 18.5. The number of nitrogens with one attached hydrogen (secondary N) is 2. The highest BCUT2D eigenvalue weighted by Crippen LogP contribution is 2.19. The van der Waals surface area contributed by atoms with E-state index >= 15 is 0 Å². The first-order valence-corrected chi connectivity index (χ1v) is 9.94. The molecule has 0 aliphatic heterocycles. The molecule has 0 aliphatic carbocycles. The summed E-state index contributed by atoms with van der Waals surface area (Å²) in [7, 11) is 0. The molecule has 0 atom stereocenters. The van der Waals surface area contributed by atoms with Gasteiger partial charge in [0.05, 0.1) is 12.0 Å². The number of carbonyl (C=O) groups excluding carboxylic acids is 2. The average molecular weight is 414 g/mol. The predicted octanol–water partition coefficient (Wildman–Crippen LogP) is 3.72. The molecule has 0 spiro atoms. The summed E-state index contributed by atoms with van der Waals surface area (Å²) >= 11 is 0. The first-order chi connectivity index (χ1) is 15.1. The first-order valence-electron chi connectivity index (χ1n) is 9.94. The van der Waals surface area contributed by atoms with Gasteiger partial charge in [0.2, 0.25) is 5.91 Å². The number of carbonyl (C=O) groups is 2. The fourth-order valence-electron chi connectivity index (χ4n) is 3.11. The van der Waals surface area contributed by atoms with Gasteiger partial charge in [0.1, 0.15) is 5.82 Å². The maximum atomic E-state index is 12.9. The highest BCUT2D eigenvalue weighted by atomic mass is 16.2. The number of anilines is 2. The van der Waals surface area contributed by atoms with Crippen LogP contribution in [0.3, 0.4) is 0 Å². The Hall–Kier alpha value is -4.20. The van der Waals surface area contributed by atoms with Crippen LogP contribution in [0.25, 0.3) is 5.69 Å². The quantitative estimate of drug-likeness (QED) is 0.482. The molecule has 31 heavy (non-hydrogen) atoms. The summed E-state index contributed by atoms with van der Waals surface area (Å²) in [5.41, 5.74) is 2.64. The second kappa shape index (κ2) is 9.08. The maximum absolute atomic E-state index is 12.9. The number of para-hydroxylation sites is 1. The largest absolute Gasteiger partial charge is 0.333 e. The van der Waals surface area contributed by atoms with Gasteiger partial charge in [0.25, 0.3) is 5.91 Å².